The minimum atomic E-state index is -0.520. The van der Waals surface area contributed by atoms with Gasteiger partial charge in [0, 0.05) is 46.7 Å². The van der Waals surface area contributed by atoms with Crippen molar-refractivity contribution in [3.8, 4) is 0 Å². The first-order valence-electron chi connectivity index (χ1n) is 10.7. The Morgan fingerprint density at radius 3 is 2.33 bits per heavy atom. The molecule has 1 aromatic rings. The van der Waals surface area contributed by atoms with E-state index >= 15 is 0 Å². The van der Waals surface area contributed by atoms with Crippen molar-refractivity contribution in [3.05, 3.63) is 35.9 Å². The molecule has 0 aromatic heterocycles. The van der Waals surface area contributed by atoms with E-state index in [9.17, 15) is 9.59 Å². The van der Waals surface area contributed by atoms with Crippen molar-refractivity contribution in [2.24, 2.45) is 4.99 Å². The molecule has 160 valence electrons. The van der Waals surface area contributed by atoms with Crippen LogP contribution in [-0.4, -0.2) is 114 Å². The minimum Gasteiger partial charge on any atom is -0.301 e. The second-order valence-corrected chi connectivity index (χ2v) is 8.17. The topological polar surface area (TPSA) is 62.5 Å². The van der Waals surface area contributed by atoms with E-state index in [4.69, 9.17) is 4.99 Å². The van der Waals surface area contributed by atoms with Crippen LogP contribution in [0.3, 0.4) is 0 Å². The summed E-state index contributed by atoms with van der Waals surface area (Å²) in [4.78, 5) is 37.8. The molecule has 30 heavy (non-hydrogen) atoms. The third-order valence-corrected chi connectivity index (χ3v) is 6.37. The number of aliphatic imine (C=N–C) groups is 1. The number of carbonyl (C=O) groups excluding carboxylic acids is 2. The summed E-state index contributed by atoms with van der Waals surface area (Å²) in [6.45, 7) is 8.73. The molecule has 8 heteroatoms. The molecule has 3 aliphatic rings. The normalized spacial score (nSPS) is 23.3. The zero-order valence-electron chi connectivity index (χ0n) is 18.1. The summed E-state index contributed by atoms with van der Waals surface area (Å²) in [5.41, 5.74) is 1.22. The molecule has 8 nitrogen and oxygen atoms in total. The van der Waals surface area contributed by atoms with E-state index in [1.807, 2.05) is 18.2 Å². The summed E-state index contributed by atoms with van der Waals surface area (Å²) in [7, 11) is 3.25. The Balaban J connectivity index is 1.59. The fourth-order valence-electron chi connectivity index (χ4n) is 4.39. The maximum absolute atomic E-state index is 13.0. The fourth-order valence-corrected chi connectivity index (χ4v) is 4.39. The zero-order chi connectivity index (χ0) is 21.3. The van der Waals surface area contributed by atoms with E-state index in [-0.39, 0.29) is 11.9 Å². The second kappa shape index (κ2) is 8.65. The van der Waals surface area contributed by atoms with Crippen molar-refractivity contribution in [1.82, 2.24) is 19.6 Å². The number of rotatable bonds is 6. The van der Waals surface area contributed by atoms with Crippen LogP contribution in [0, 0.1) is 0 Å². The number of hydrogen-bond donors (Lipinski definition) is 0. The average molecular weight is 412 g/mol. The molecule has 3 amide bonds. The van der Waals surface area contributed by atoms with Gasteiger partial charge < -0.3 is 4.90 Å². The molecule has 1 aromatic carbocycles. The molecule has 3 aliphatic heterocycles. The third kappa shape index (κ3) is 3.89. The number of nitrogens with zero attached hydrogens (tertiary/aromatic N) is 6. The standard InChI is InChI=1S/C22H31N6O2/c1-4-26-12-14-27(15-13-26)16-18-23-20-19(21(29)25(3)22(30)24(20)2)28(18)11-10-17-8-6-5-7-9-17/h5-9,19H,4,10-16H2,1-3H3/q+1. The molecule has 1 atom stereocenters. The lowest BCUT2D eigenvalue weighted by molar-refractivity contribution is -0.535. The number of benzene rings is 1. The molecule has 0 spiro atoms. The fraction of sp³-hybridized carbons (Fsp3) is 0.545. The summed E-state index contributed by atoms with van der Waals surface area (Å²) in [5, 5.41) is 0. The third-order valence-electron chi connectivity index (χ3n) is 6.37. The van der Waals surface area contributed by atoms with Gasteiger partial charge in [-0.25, -0.2) is 9.37 Å². The lowest BCUT2D eigenvalue weighted by Gasteiger charge is -2.33. The Morgan fingerprint density at radius 1 is 1.00 bits per heavy atom. The van der Waals surface area contributed by atoms with E-state index < -0.39 is 6.04 Å². The Labute approximate surface area is 178 Å². The van der Waals surface area contributed by atoms with E-state index in [0.29, 0.717) is 18.9 Å². The van der Waals surface area contributed by atoms with Crippen molar-refractivity contribution in [1.29, 1.82) is 0 Å². The molecule has 0 radical (unpaired) electrons. The number of amides is 3. The van der Waals surface area contributed by atoms with Gasteiger partial charge in [-0.05, 0) is 17.1 Å². The van der Waals surface area contributed by atoms with Crippen LogP contribution >= 0.6 is 0 Å². The minimum absolute atomic E-state index is 0.198. The van der Waals surface area contributed by atoms with Gasteiger partial charge in [0.15, 0.2) is 0 Å². The van der Waals surface area contributed by atoms with Crippen LogP contribution in [0.1, 0.15) is 12.5 Å². The summed E-state index contributed by atoms with van der Waals surface area (Å²) < 4.78 is 2.11. The number of urea groups is 1. The van der Waals surface area contributed by atoms with Crippen molar-refractivity contribution in [2.45, 2.75) is 19.4 Å². The summed E-state index contributed by atoms with van der Waals surface area (Å²) in [5.74, 6) is 1.24. The maximum atomic E-state index is 13.0. The van der Waals surface area contributed by atoms with Crippen molar-refractivity contribution in [2.75, 3.05) is 59.9 Å². The SMILES string of the molecule is CCN1CCN(CC2=[N+](CCc3ccccc3)C3C(=O)N(C)C(=O)N(C)C3=N2)CC1. The lowest BCUT2D eigenvalue weighted by atomic mass is 10.1. The van der Waals surface area contributed by atoms with Crippen LogP contribution in [0.25, 0.3) is 0 Å². The molecule has 1 unspecified atom stereocenters. The predicted octanol–water partition coefficient (Wildman–Crippen LogP) is 0.582. The van der Waals surface area contributed by atoms with Gasteiger partial charge >= 0.3 is 11.9 Å². The Morgan fingerprint density at radius 2 is 1.67 bits per heavy atom. The maximum Gasteiger partial charge on any atom is 0.333 e. The van der Waals surface area contributed by atoms with Gasteiger partial charge in [-0.2, -0.15) is 0 Å². The quantitative estimate of drug-likeness (QED) is 0.643. The van der Waals surface area contributed by atoms with Crippen LogP contribution in [0.15, 0.2) is 35.3 Å². The molecular formula is C22H31N6O2+. The highest BCUT2D eigenvalue weighted by atomic mass is 16.2. The Hall–Kier alpha value is -2.58. The van der Waals surface area contributed by atoms with Gasteiger partial charge in [0.2, 0.25) is 0 Å². The number of hydrogen-bond acceptors (Lipinski definition) is 5. The number of piperazine rings is 1. The first-order valence-corrected chi connectivity index (χ1v) is 10.7. The largest absolute Gasteiger partial charge is 0.333 e. The van der Waals surface area contributed by atoms with Crippen molar-refractivity contribution < 1.29 is 14.2 Å². The summed E-state index contributed by atoms with van der Waals surface area (Å²) >= 11 is 0. The number of imide groups is 1. The van der Waals surface area contributed by atoms with E-state index in [0.717, 1.165) is 45.0 Å². The van der Waals surface area contributed by atoms with E-state index in [2.05, 4.69) is 33.4 Å². The Bertz CT molecular complexity index is 873. The van der Waals surface area contributed by atoms with Gasteiger partial charge in [0.05, 0.1) is 6.54 Å². The molecular weight excluding hydrogens is 380 g/mol. The first kappa shape index (κ1) is 20.7. The van der Waals surface area contributed by atoms with E-state index in [1.165, 1.54) is 15.4 Å². The number of fused-ring (bicyclic) bond motifs is 1. The molecule has 2 fully saturated rings. The highest BCUT2D eigenvalue weighted by Crippen LogP contribution is 2.20. The molecule has 4 rings (SSSR count). The Kier molecular flexibility index (Phi) is 5.97. The van der Waals surface area contributed by atoms with Crippen LogP contribution in [0.4, 0.5) is 4.79 Å². The van der Waals surface area contributed by atoms with Gasteiger partial charge in [0.1, 0.15) is 6.54 Å². The second-order valence-electron chi connectivity index (χ2n) is 8.17. The molecule has 0 aliphatic carbocycles. The van der Waals surface area contributed by atoms with Crippen LogP contribution < -0.4 is 0 Å². The smallest absolute Gasteiger partial charge is 0.301 e. The van der Waals surface area contributed by atoms with Crippen LogP contribution in [0.2, 0.25) is 0 Å². The predicted molar refractivity (Wildman–Crippen MR) is 116 cm³/mol. The lowest BCUT2D eigenvalue weighted by Crippen LogP contribution is -2.61. The van der Waals surface area contributed by atoms with Gasteiger partial charge in [-0.3, -0.25) is 19.5 Å². The molecule has 3 heterocycles. The van der Waals surface area contributed by atoms with Crippen molar-refractivity contribution >= 4 is 23.6 Å². The molecule has 0 N–H and O–H groups in total. The monoisotopic (exact) mass is 411 g/mol. The highest BCUT2D eigenvalue weighted by Gasteiger charge is 2.52. The summed E-state index contributed by atoms with van der Waals surface area (Å²) in [6.07, 6.45) is 0.821. The number of carbonyl (C=O) groups is 2. The van der Waals surface area contributed by atoms with E-state index in [1.54, 1.807) is 14.1 Å². The first-order chi connectivity index (χ1) is 14.5. The number of amidine groups is 2. The molecule has 0 saturated carbocycles. The molecule has 0 bridgehead atoms. The molecule has 2 saturated heterocycles. The van der Waals surface area contributed by atoms with Crippen molar-refractivity contribution in [3.63, 3.8) is 0 Å². The van der Waals surface area contributed by atoms with Gasteiger partial charge in [-0.1, -0.05) is 37.3 Å². The highest BCUT2D eigenvalue weighted by molar-refractivity contribution is 6.23. The van der Waals surface area contributed by atoms with Crippen LogP contribution in [-0.2, 0) is 11.2 Å². The summed E-state index contributed by atoms with van der Waals surface area (Å²) in [6, 6.07) is 9.44. The zero-order valence-corrected chi connectivity index (χ0v) is 18.1. The van der Waals surface area contributed by atoms with Crippen LogP contribution in [0.5, 0.6) is 0 Å². The number of likely N-dealkylation sites (N-methyl/N-ethyl adjacent to an activating group) is 3. The van der Waals surface area contributed by atoms with Gasteiger partial charge in [0.25, 0.3) is 17.8 Å². The average Bonchev–Trinajstić information content (AvgIpc) is 3.14. The van der Waals surface area contributed by atoms with Gasteiger partial charge in [-0.15, -0.1) is 0 Å².